The Bertz CT molecular complexity index is 1360. The number of esters is 2. The number of carbonyl (C=O) groups excluding carboxylic acids is 5. The first-order valence-corrected chi connectivity index (χ1v) is 13.6. The van der Waals surface area contributed by atoms with Crippen LogP contribution in [0.4, 0.5) is 5.00 Å². The number of benzene rings is 1. The summed E-state index contributed by atoms with van der Waals surface area (Å²) in [5.41, 5.74) is 0.591. The number of thiophene rings is 1. The van der Waals surface area contributed by atoms with E-state index < -0.39 is 42.3 Å². The standard InChI is InChI=1S/C24H20Cl4N2O7S/c1-8-4-5-10-11(6-8)38-20(13(10)24(35)36-3)29-12(31)7-37-23(34)9(2)30-21(32)14-15(22(30)33)17(26)19(28)18(27)16(14)25/h8-9H,4-7H2,1-3H3,(H,29,31)/t8-,9+/m0/s1. The molecular formula is C24H20Cl4N2O7S. The van der Waals surface area contributed by atoms with E-state index in [2.05, 4.69) is 12.2 Å². The quantitative estimate of drug-likeness (QED) is 0.197. The van der Waals surface area contributed by atoms with Gasteiger partial charge in [-0.15, -0.1) is 11.3 Å². The number of ether oxygens (including phenoxy) is 2. The van der Waals surface area contributed by atoms with Crippen LogP contribution >= 0.6 is 57.7 Å². The molecule has 1 aromatic carbocycles. The van der Waals surface area contributed by atoms with Crippen molar-refractivity contribution in [3.63, 3.8) is 0 Å². The Morgan fingerprint density at radius 2 is 1.63 bits per heavy atom. The summed E-state index contributed by atoms with van der Waals surface area (Å²) in [6, 6.07) is -1.43. The highest BCUT2D eigenvalue weighted by Gasteiger charge is 2.45. The third-order valence-corrected chi connectivity index (χ3v) is 9.33. The van der Waals surface area contributed by atoms with E-state index in [4.69, 9.17) is 55.9 Å². The highest BCUT2D eigenvalue weighted by Crippen LogP contribution is 2.45. The number of hydrogen-bond donors (Lipinski definition) is 1. The maximum Gasteiger partial charge on any atom is 0.341 e. The van der Waals surface area contributed by atoms with Crippen molar-refractivity contribution in [3.8, 4) is 0 Å². The molecule has 0 fully saturated rings. The average Bonchev–Trinajstić information content (AvgIpc) is 3.36. The van der Waals surface area contributed by atoms with Crippen LogP contribution in [0, 0.1) is 5.92 Å². The molecule has 0 unspecified atom stereocenters. The van der Waals surface area contributed by atoms with Gasteiger partial charge in [0, 0.05) is 4.88 Å². The maximum absolute atomic E-state index is 12.9. The molecule has 2 aromatic rings. The molecule has 202 valence electrons. The fourth-order valence-electron chi connectivity index (χ4n) is 4.40. The van der Waals surface area contributed by atoms with E-state index in [0.29, 0.717) is 27.8 Å². The van der Waals surface area contributed by atoms with Gasteiger partial charge in [0.05, 0.1) is 43.9 Å². The number of fused-ring (bicyclic) bond motifs is 2. The number of carbonyl (C=O) groups is 5. The van der Waals surface area contributed by atoms with Gasteiger partial charge in [0.25, 0.3) is 17.7 Å². The predicted octanol–water partition coefficient (Wildman–Crippen LogP) is 5.44. The lowest BCUT2D eigenvalue weighted by Crippen LogP contribution is -2.44. The van der Waals surface area contributed by atoms with Gasteiger partial charge in [-0.05, 0) is 37.7 Å². The van der Waals surface area contributed by atoms with Gasteiger partial charge in [-0.3, -0.25) is 19.3 Å². The topological polar surface area (TPSA) is 119 Å². The molecular weight excluding hydrogens is 602 g/mol. The molecule has 2 atom stereocenters. The van der Waals surface area contributed by atoms with Crippen molar-refractivity contribution in [1.29, 1.82) is 0 Å². The van der Waals surface area contributed by atoms with Crippen LogP contribution in [-0.4, -0.2) is 54.3 Å². The number of amides is 3. The molecule has 3 amide bonds. The third-order valence-electron chi connectivity index (χ3n) is 6.36. The number of nitrogens with one attached hydrogen (secondary N) is 1. The van der Waals surface area contributed by atoms with Gasteiger partial charge in [-0.1, -0.05) is 53.3 Å². The van der Waals surface area contributed by atoms with Crippen LogP contribution < -0.4 is 5.32 Å². The molecule has 2 heterocycles. The van der Waals surface area contributed by atoms with Crippen molar-refractivity contribution in [2.24, 2.45) is 5.92 Å². The highest BCUT2D eigenvalue weighted by molar-refractivity contribution is 7.17. The molecule has 0 bridgehead atoms. The van der Waals surface area contributed by atoms with Crippen molar-refractivity contribution in [2.75, 3.05) is 19.0 Å². The third kappa shape index (κ3) is 4.88. The summed E-state index contributed by atoms with van der Waals surface area (Å²) in [6.45, 7) is 2.63. The van der Waals surface area contributed by atoms with Crippen LogP contribution in [0.1, 0.15) is 61.8 Å². The molecule has 1 N–H and O–H groups in total. The fourth-order valence-corrected chi connectivity index (χ4v) is 6.83. The van der Waals surface area contributed by atoms with E-state index in [1.165, 1.54) is 25.4 Å². The largest absolute Gasteiger partial charge is 0.465 e. The molecule has 1 aliphatic carbocycles. The number of halogens is 4. The van der Waals surface area contributed by atoms with Crippen molar-refractivity contribution in [1.82, 2.24) is 4.90 Å². The number of methoxy groups -OCH3 is 1. The van der Waals surface area contributed by atoms with Gasteiger partial charge in [0.15, 0.2) is 6.61 Å². The van der Waals surface area contributed by atoms with Gasteiger partial charge in [-0.25, -0.2) is 9.59 Å². The van der Waals surface area contributed by atoms with E-state index in [-0.39, 0.29) is 31.2 Å². The van der Waals surface area contributed by atoms with Crippen molar-refractivity contribution >= 4 is 92.4 Å². The first kappa shape index (κ1) is 28.6. The number of nitrogens with zero attached hydrogens (tertiary/aromatic N) is 1. The van der Waals surface area contributed by atoms with Crippen LogP contribution in [0.5, 0.6) is 0 Å². The maximum atomic E-state index is 12.9. The minimum atomic E-state index is -1.43. The monoisotopic (exact) mass is 620 g/mol. The molecule has 9 nitrogen and oxygen atoms in total. The molecule has 1 aliphatic heterocycles. The lowest BCUT2D eigenvalue weighted by Gasteiger charge is -2.20. The Morgan fingerprint density at radius 3 is 2.18 bits per heavy atom. The van der Waals surface area contributed by atoms with Crippen molar-refractivity contribution < 1.29 is 33.4 Å². The summed E-state index contributed by atoms with van der Waals surface area (Å²) in [5.74, 6) is -3.70. The van der Waals surface area contributed by atoms with E-state index in [1.54, 1.807) is 0 Å². The Balaban J connectivity index is 1.46. The predicted molar refractivity (Wildman–Crippen MR) is 143 cm³/mol. The Morgan fingerprint density at radius 1 is 1.05 bits per heavy atom. The Kier molecular flexibility index (Phi) is 8.30. The van der Waals surface area contributed by atoms with Gasteiger partial charge < -0.3 is 14.8 Å². The van der Waals surface area contributed by atoms with Crippen LogP contribution in [0.15, 0.2) is 0 Å². The molecule has 0 saturated carbocycles. The minimum absolute atomic E-state index is 0.206. The highest BCUT2D eigenvalue weighted by atomic mass is 35.5. The van der Waals surface area contributed by atoms with Gasteiger partial charge in [-0.2, -0.15) is 0 Å². The first-order valence-electron chi connectivity index (χ1n) is 11.3. The Hall–Kier alpha value is -2.37. The zero-order valence-electron chi connectivity index (χ0n) is 20.2. The molecule has 14 heteroatoms. The average molecular weight is 622 g/mol. The number of hydrogen-bond acceptors (Lipinski definition) is 8. The summed E-state index contributed by atoms with van der Waals surface area (Å²) in [4.78, 5) is 65.3. The van der Waals surface area contributed by atoms with E-state index in [0.717, 1.165) is 23.3 Å². The summed E-state index contributed by atoms with van der Waals surface area (Å²) < 4.78 is 9.97. The van der Waals surface area contributed by atoms with E-state index in [9.17, 15) is 24.0 Å². The number of rotatable bonds is 6. The summed E-state index contributed by atoms with van der Waals surface area (Å²) in [7, 11) is 1.26. The molecule has 38 heavy (non-hydrogen) atoms. The van der Waals surface area contributed by atoms with Crippen LogP contribution in [0.3, 0.4) is 0 Å². The second-order valence-electron chi connectivity index (χ2n) is 8.87. The number of imide groups is 1. The van der Waals surface area contributed by atoms with Gasteiger partial charge in [0.2, 0.25) is 0 Å². The van der Waals surface area contributed by atoms with Crippen LogP contribution in [-0.2, 0) is 31.9 Å². The smallest absolute Gasteiger partial charge is 0.341 e. The molecule has 0 radical (unpaired) electrons. The fraction of sp³-hybridized carbons (Fsp3) is 0.375. The van der Waals surface area contributed by atoms with Gasteiger partial charge in [0.1, 0.15) is 11.0 Å². The summed E-state index contributed by atoms with van der Waals surface area (Å²) >= 11 is 25.5. The first-order chi connectivity index (χ1) is 17.9. The lowest BCUT2D eigenvalue weighted by atomic mass is 9.88. The molecule has 2 aliphatic rings. The van der Waals surface area contributed by atoms with Gasteiger partial charge >= 0.3 is 11.9 Å². The van der Waals surface area contributed by atoms with E-state index >= 15 is 0 Å². The SMILES string of the molecule is COC(=O)c1c(NC(=O)COC(=O)[C@@H](C)N2C(=O)c3c(Cl)c(Cl)c(Cl)c(Cl)c3C2=O)sc2c1CC[C@H](C)C2. The molecule has 0 saturated heterocycles. The summed E-state index contributed by atoms with van der Waals surface area (Å²) in [6.07, 6.45) is 2.37. The normalized spacial score (nSPS) is 17.1. The van der Waals surface area contributed by atoms with Crippen LogP contribution in [0.25, 0.3) is 0 Å². The van der Waals surface area contributed by atoms with E-state index in [1.807, 2.05) is 0 Å². The van der Waals surface area contributed by atoms with Crippen molar-refractivity contribution in [2.45, 2.75) is 39.2 Å². The zero-order valence-corrected chi connectivity index (χ0v) is 24.0. The Labute approximate surface area is 241 Å². The zero-order chi connectivity index (χ0) is 28.0. The molecule has 1 aromatic heterocycles. The second-order valence-corrected chi connectivity index (χ2v) is 11.5. The second kappa shape index (κ2) is 11.0. The molecule has 0 spiro atoms. The number of anilines is 1. The minimum Gasteiger partial charge on any atom is -0.465 e. The van der Waals surface area contributed by atoms with Crippen molar-refractivity contribution in [3.05, 3.63) is 47.2 Å². The molecule has 4 rings (SSSR count). The van der Waals surface area contributed by atoms with Crippen LogP contribution in [0.2, 0.25) is 20.1 Å². The lowest BCUT2D eigenvalue weighted by molar-refractivity contribution is -0.150. The summed E-state index contributed by atoms with van der Waals surface area (Å²) in [5, 5.41) is 1.96.